The van der Waals surface area contributed by atoms with Gasteiger partial charge in [0, 0.05) is 30.7 Å². The molecule has 0 N–H and O–H groups in total. The third-order valence-corrected chi connectivity index (χ3v) is 7.03. The normalized spacial score (nSPS) is 15.5. The van der Waals surface area contributed by atoms with Crippen LogP contribution in [0.25, 0.3) is 9.88 Å². The monoisotopic (exact) mass is 478 g/mol. The van der Waals surface area contributed by atoms with Crippen molar-refractivity contribution in [2.75, 3.05) is 31.1 Å². The molecule has 146 valence electrons. The average molecular weight is 479 g/mol. The molecule has 1 atom stereocenters. The molecule has 1 amide bonds. The summed E-state index contributed by atoms with van der Waals surface area (Å²) < 4.78 is 6.78. The summed E-state index contributed by atoms with van der Waals surface area (Å²) >= 11 is 6.66. The van der Waals surface area contributed by atoms with Crippen LogP contribution in [0, 0.1) is 0 Å². The summed E-state index contributed by atoms with van der Waals surface area (Å²) in [7, 11) is 0. The van der Waals surface area contributed by atoms with Gasteiger partial charge in [-0.15, -0.1) is 21.5 Å². The molecule has 1 fully saturated rings. The Morgan fingerprint density at radius 1 is 1.14 bits per heavy atom. The second-order valence-electron chi connectivity index (χ2n) is 6.39. The lowest BCUT2D eigenvalue weighted by Crippen LogP contribution is -2.52. The van der Waals surface area contributed by atoms with Gasteiger partial charge in [0.1, 0.15) is 5.75 Å². The lowest BCUT2D eigenvalue weighted by molar-refractivity contribution is -0.138. The van der Waals surface area contributed by atoms with Gasteiger partial charge < -0.3 is 14.5 Å². The number of ether oxygens (including phenoxy) is 1. The number of benzene rings is 1. The molecular formula is C19H19BrN4O2S2. The quantitative estimate of drug-likeness (QED) is 0.551. The van der Waals surface area contributed by atoms with E-state index in [0.717, 1.165) is 32.6 Å². The highest BCUT2D eigenvalue weighted by Gasteiger charge is 2.27. The van der Waals surface area contributed by atoms with E-state index in [2.05, 4.69) is 37.1 Å². The van der Waals surface area contributed by atoms with Crippen LogP contribution in [0.4, 0.5) is 5.13 Å². The summed E-state index contributed by atoms with van der Waals surface area (Å²) in [4.78, 5) is 17.9. The number of carbonyl (C=O) groups excluding carboxylic acids is 1. The van der Waals surface area contributed by atoms with Crippen molar-refractivity contribution < 1.29 is 9.53 Å². The molecule has 1 unspecified atom stereocenters. The fraction of sp³-hybridized carbons (Fsp3) is 0.316. The molecule has 2 aromatic heterocycles. The Labute approximate surface area is 179 Å². The fourth-order valence-corrected chi connectivity index (χ4v) is 4.94. The van der Waals surface area contributed by atoms with Crippen molar-refractivity contribution in [3.05, 3.63) is 46.3 Å². The molecule has 28 heavy (non-hydrogen) atoms. The van der Waals surface area contributed by atoms with Gasteiger partial charge in [-0.1, -0.05) is 33.3 Å². The van der Waals surface area contributed by atoms with Crippen LogP contribution in [0.5, 0.6) is 5.75 Å². The van der Waals surface area contributed by atoms with Gasteiger partial charge in [0.25, 0.3) is 5.91 Å². The minimum absolute atomic E-state index is 0.0131. The first-order valence-electron chi connectivity index (χ1n) is 8.93. The molecule has 6 nitrogen and oxygen atoms in total. The Morgan fingerprint density at radius 3 is 2.57 bits per heavy atom. The van der Waals surface area contributed by atoms with E-state index in [-0.39, 0.29) is 5.91 Å². The maximum absolute atomic E-state index is 12.7. The lowest BCUT2D eigenvalue weighted by atomic mass is 10.2. The molecular weight excluding hydrogens is 460 g/mol. The first-order valence-corrected chi connectivity index (χ1v) is 11.4. The highest BCUT2D eigenvalue weighted by Crippen LogP contribution is 2.31. The predicted molar refractivity (Wildman–Crippen MR) is 116 cm³/mol. The third kappa shape index (κ3) is 4.37. The Hall–Kier alpha value is -1.97. The minimum Gasteiger partial charge on any atom is -0.481 e. The molecule has 4 rings (SSSR count). The number of hydrogen-bond donors (Lipinski definition) is 0. The summed E-state index contributed by atoms with van der Waals surface area (Å²) in [6.07, 6.45) is -0.514. The maximum Gasteiger partial charge on any atom is 0.263 e. The van der Waals surface area contributed by atoms with Gasteiger partial charge in [-0.25, -0.2) is 0 Å². The van der Waals surface area contributed by atoms with Crippen molar-refractivity contribution in [3.8, 4) is 15.6 Å². The van der Waals surface area contributed by atoms with Gasteiger partial charge in [-0.3, -0.25) is 4.79 Å². The van der Waals surface area contributed by atoms with E-state index in [1.807, 2.05) is 40.6 Å². The van der Waals surface area contributed by atoms with Gasteiger partial charge in [0.2, 0.25) is 5.13 Å². The van der Waals surface area contributed by atoms with Crippen molar-refractivity contribution in [2.45, 2.75) is 13.0 Å². The van der Waals surface area contributed by atoms with Crippen molar-refractivity contribution in [3.63, 3.8) is 0 Å². The number of nitrogens with zero attached hydrogens (tertiary/aromatic N) is 4. The van der Waals surface area contributed by atoms with E-state index in [0.29, 0.717) is 18.8 Å². The van der Waals surface area contributed by atoms with E-state index in [9.17, 15) is 4.79 Å². The highest BCUT2D eigenvalue weighted by molar-refractivity contribution is 9.10. The molecule has 0 radical (unpaired) electrons. The zero-order valence-electron chi connectivity index (χ0n) is 15.2. The zero-order valence-corrected chi connectivity index (χ0v) is 18.5. The molecule has 3 aromatic rings. The number of halogens is 1. The maximum atomic E-state index is 12.7. The van der Waals surface area contributed by atoms with Crippen LogP contribution in [0.3, 0.4) is 0 Å². The Bertz CT molecular complexity index is 922. The largest absolute Gasteiger partial charge is 0.481 e. The van der Waals surface area contributed by atoms with E-state index in [1.165, 1.54) is 0 Å². The van der Waals surface area contributed by atoms with Gasteiger partial charge in [-0.2, -0.15) is 0 Å². The molecule has 0 saturated carbocycles. The number of amides is 1. The lowest BCUT2D eigenvalue weighted by Gasteiger charge is -2.35. The average Bonchev–Trinajstić information content (AvgIpc) is 3.41. The van der Waals surface area contributed by atoms with Crippen LogP contribution in [0.2, 0.25) is 0 Å². The minimum atomic E-state index is -0.514. The van der Waals surface area contributed by atoms with Crippen LogP contribution in [0.1, 0.15) is 6.92 Å². The van der Waals surface area contributed by atoms with Gasteiger partial charge >= 0.3 is 0 Å². The summed E-state index contributed by atoms with van der Waals surface area (Å²) in [5.74, 6) is 0.705. The van der Waals surface area contributed by atoms with Crippen LogP contribution in [0.15, 0.2) is 46.3 Å². The summed E-state index contributed by atoms with van der Waals surface area (Å²) in [6.45, 7) is 4.60. The predicted octanol–water partition coefficient (Wildman–Crippen LogP) is 4.15. The molecule has 0 aliphatic carbocycles. The van der Waals surface area contributed by atoms with Crippen molar-refractivity contribution in [1.82, 2.24) is 15.1 Å². The Morgan fingerprint density at radius 2 is 1.89 bits per heavy atom. The standard InChI is InChI=1S/C19H19BrN4O2S2/c1-13(26-15-6-4-14(20)5-7-15)18(25)23-8-10-24(11-9-23)19-22-21-17(28-19)16-3-2-12-27-16/h2-7,12-13H,8-11H2,1H3. The van der Waals surface area contributed by atoms with Crippen LogP contribution < -0.4 is 9.64 Å². The number of thiophene rings is 1. The van der Waals surface area contributed by atoms with Gasteiger partial charge in [0.15, 0.2) is 11.1 Å². The number of anilines is 1. The van der Waals surface area contributed by atoms with Gasteiger partial charge in [-0.05, 0) is 42.6 Å². The summed E-state index contributed by atoms with van der Waals surface area (Å²) in [6, 6.07) is 11.6. The molecule has 0 bridgehead atoms. The Kier molecular flexibility index (Phi) is 5.93. The first kappa shape index (κ1) is 19.4. The number of rotatable bonds is 5. The molecule has 3 heterocycles. The Balaban J connectivity index is 1.32. The molecule has 1 aliphatic rings. The number of carbonyl (C=O) groups is 1. The van der Waals surface area contributed by atoms with E-state index in [4.69, 9.17) is 4.74 Å². The molecule has 1 aromatic carbocycles. The smallest absolute Gasteiger partial charge is 0.263 e. The van der Waals surface area contributed by atoms with Crippen molar-refractivity contribution in [1.29, 1.82) is 0 Å². The number of piperazine rings is 1. The zero-order chi connectivity index (χ0) is 19.5. The van der Waals surface area contributed by atoms with Crippen molar-refractivity contribution in [2.24, 2.45) is 0 Å². The van der Waals surface area contributed by atoms with Crippen LogP contribution in [-0.2, 0) is 4.79 Å². The molecule has 0 spiro atoms. The van der Waals surface area contributed by atoms with E-state index >= 15 is 0 Å². The third-order valence-electron chi connectivity index (χ3n) is 4.48. The molecule has 1 aliphatic heterocycles. The first-order chi connectivity index (χ1) is 13.6. The molecule has 9 heteroatoms. The number of hydrogen-bond acceptors (Lipinski definition) is 7. The fourth-order valence-electron chi connectivity index (χ4n) is 2.99. The number of aromatic nitrogens is 2. The summed E-state index contributed by atoms with van der Waals surface area (Å²) in [5, 5.41) is 12.5. The second-order valence-corrected chi connectivity index (χ2v) is 9.21. The topological polar surface area (TPSA) is 58.6 Å². The second kappa shape index (κ2) is 8.59. The van der Waals surface area contributed by atoms with E-state index < -0.39 is 6.10 Å². The van der Waals surface area contributed by atoms with Crippen molar-refractivity contribution >= 4 is 49.6 Å². The van der Waals surface area contributed by atoms with Crippen LogP contribution >= 0.6 is 38.6 Å². The summed E-state index contributed by atoms with van der Waals surface area (Å²) in [5.41, 5.74) is 0. The van der Waals surface area contributed by atoms with E-state index in [1.54, 1.807) is 29.6 Å². The molecule has 1 saturated heterocycles. The SMILES string of the molecule is CC(Oc1ccc(Br)cc1)C(=O)N1CCN(c2nnc(-c3cccs3)s2)CC1. The highest BCUT2D eigenvalue weighted by atomic mass is 79.9. The van der Waals surface area contributed by atoms with Crippen LogP contribution in [-0.4, -0.2) is 53.3 Å². The van der Waals surface area contributed by atoms with Gasteiger partial charge in [0.05, 0.1) is 4.88 Å².